The zero-order valence-corrected chi connectivity index (χ0v) is 7.19. The first-order valence-electron chi connectivity index (χ1n) is 3.92. The first kappa shape index (κ1) is 8.22. The van der Waals surface area contributed by atoms with Crippen molar-refractivity contribution in [2.45, 2.75) is 6.61 Å². The molecule has 1 aliphatic rings. The second-order valence-corrected chi connectivity index (χ2v) is 2.68. The monoisotopic (exact) mass is 179 g/mol. The van der Waals surface area contributed by atoms with Gasteiger partial charge in [-0.1, -0.05) is 23.4 Å². The van der Waals surface area contributed by atoms with E-state index in [1.807, 2.05) is 18.2 Å². The fourth-order valence-electron chi connectivity index (χ4n) is 1.28. The normalized spacial score (nSPS) is 15.8. The van der Waals surface area contributed by atoms with Gasteiger partial charge in [-0.05, 0) is 11.6 Å². The summed E-state index contributed by atoms with van der Waals surface area (Å²) in [5, 5.41) is 0.891. The summed E-state index contributed by atoms with van der Waals surface area (Å²) in [5.41, 5.74) is 1.52. The maximum atomic E-state index is 11.5. The van der Waals surface area contributed by atoms with E-state index >= 15 is 0 Å². The van der Waals surface area contributed by atoms with Crippen LogP contribution in [-0.2, 0) is 16.3 Å². The zero-order chi connectivity index (χ0) is 9.26. The summed E-state index contributed by atoms with van der Waals surface area (Å²) < 4.78 is 0. The van der Waals surface area contributed by atoms with E-state index in [4.69, 9.17) is 9.68 Å². The van der Waals surface area contributed by atoms with Crippen LogP contribution < -0.4 is 0 Å². The van der Waals surface area contributed by atoms with Gasteiger partial charge in [-0.3, -0.25) is 4.79 Å². The standard InChI is InChI=1S/C9H9NO3/c1-12-10-9(11)8-5-3-2-4-7(8)6-13-10/h2-5H,6H2,1H3. The van der Waals surface area contributed by atoms with Crippen molar-refractivity contribution in [3.05, 3.63) is 35.4 Å². The van der Waals surface area contributed by atoms with Gasteiger partial charge < -0.3 is 0 Å². The van der Waals surface area contributed by atoms with Gasteiger partial charge in [0.1, 0.15) is 6.61 Å². The smallest absolute Gasteiger partial charge is 0.264 e. The highest BCUT2D eigenvalue weighted by molar-refractivity contribution is 5.94. The van der Waals surface area contributed by atoms with E-state index in [9.17, 15) is 4.79 Å². The van der Waals surface area contributed by atoms with Gasteiger partial charge in [0.05, 0.1) is 7.11 Å². The molecule has 13 heavy (non-hydrogen) atoms. The van der Waals surface area contributed by atoms with Crippen molar-refractivity contribution < 1.29 is 14.5 Å². The summed E-state index contributed by atoms with van der Waals surface area (Å²) in [6.45, 7) is 0.371. The van der Waals surface area contributed by atoms with Crippen LogP contribution in [0.1, 0.15) is 15.9 Å². The van der Waals surface area contributed by atoms with Gasteiger partial charge in [0.15, 0.2) is 0 Å². The number of carbonyl (C=O) groups is 1. The molecular weight excluding hydrogens is 170 g/mol. The Hall–Kier alpha value is -1.39. The van der Waals surface area contributed by atoms with E-state index in [1.165, 1.54) is 7.11 Å². The van der Waals surface area contributed by atoms with Crippen LogP contribution in [0.5, 0.6) is 0 Å². The molecule has 1 aromatic rings. The minimum absolute atomic E-state index is 0.260. The fraction of sp³-hybridized carbons (Fsp3) is 0.222. The van der Waals surface area contributed by atoms with Gasteiger partial charge in [-0.2, -0.15) is 0 Å². The molecule has 0 saturated carbocycles. The molecule has 0 saturated heterocycles. The predicted octanol–water partition coefficient (Wildman–Crippen LogP) is 1.14. The van der Waals surface area contributed by atoms with Crippen molar-refractivity contribution >= 4 is 5.91 Å². The van der Waals surface area contributed by atoms with Crippen molar-refractivity contribution in [1.29, 1.82) is 0 Å². The molecule has 4 nitrogen and oxygen atoms in total. The molecule has 0 atom stereocenters. The van der Waals surface area contributed by atoms with Gasteiger partial charge in [0.25, 0.3) is 0 Å². The Morgan fingerprint density at radius 2 is 2.23 bits per heavy atom. The molecule has 0 spiro atoms. The van der Waals surface area contributed by atoms with Gasteiger partial charge >= 0.3 is 5.91 Å². The Kier molecular flexibility index (Phi) is 2.00. The summed E-state index contributed by atoms with van der Waals surface area (Å²) in [6.07, 6.45) is 0. The van der Waals surface area contributed by atoms with Crippen molar-refractivity contribution in [3.8, 4) is 0 Å². The highest BCUT2D eigenvalue weighted by Gasteiger charge is 2.24. The number of benzene rings is 1. The highest BCUT2D eigenvalue weighted by atomic mass is 16.9. The average Bonchev–Trinajstić information content (AvgIpc) is 2.19. The lowest BCUT2D eigenvalue weighted by Crippen LogP contribution is -2.34. The van der Waals surface area contributed by atoms with Crippen LogP contribution in [0.4, 0.5) is 0 Å². The number of rotatable bonds is 1. The summed E-state index contributed by atoms with van der Waals surface area (Å²) in [6, 6.07) is 7.31. The van der Waals surface area contributed by atoms with E-state index in [0.29, 0.717) is 12.2 Å². The highest BCUT2D eigenvalue weighted by Crippen LogP contribution is 2.18. The number of hydrogen-bond acceptors (Lipinski definition) is 3. The first-order chi connectivity index (χ1) is 6.33. The Balaban J connectivity index is 2.39. The van der Waals surface area contributed by atoms with E-state index in [1.54, 1.807) is 6.07 Å². The molecule has 0 bridgehead atoms. The average molecular weight is 179 g/mol. The van der Waals surface area contributed by atoms with Gasteiger partial charge in [0.2, 0.25) is 0 Å². The molecule has 0 aromatic heterocycles. The predicted molar refractivity (Wildman–Crippen MR) is 44.4 cm³/mol. The van der Waals surface area contributed by atoms with Crippen molar-refractivity contribution in [2.24, 2.45) is 0 Å². The number of nitrogens with zero attached hydrogens (tertiary/aromatic N) is 1. The summed E-state index contributed by atoms with van der Waals surface area (Å²) >= 11 is 0. The van der Waals surface area contributed by atoms with E-state index in [-0.39, 0.29) is 5.91 Å². The first-order valence-corrected chi connectivity index (χ1v) is 3.92. The molecule has 0 aliphatic carbocycles. The van der Waals surface area contributed by atoms with Gasteiger partial charge in [0, 0.05) is 5.56 Å². The third kappa shape index (κ3) is 1.30. The Labute approximate surface area is 75.6 Å². The SMILES string of the molecule is CON1OCc2ccccc2C1=O. The van der Waals surface area contributed by atoms with Crippen LogP contribution in [-0.4, -0.2) is 18.2 Å². The lowest BCUT2D eigenvalue weighted by Gasteiger charge is -2.24. The van der Waals surface area contributed by atoms with Crippen LogP contribution in [0.3, 0.4) is 0 Å². The largest absolute Gasteiger partial charge is 0.304 e. The van der Waals surface area contributed by atoms with Crippen LogP contribution in [0, 0.1) is 0 Å². The number of hydrogen-bond donors (Lipinski definition) is 0. The van der Waals surface area contributed by atoms with Crippen molar-refractivity contribution in [1.82, 2.24) is 5.23 Å². The third-order valence-electron chi connectivity index (χ3n) is 1.92. The Bertz CT molecular complexity index is 337. The molecule has 1 heterocycles. The third-order valence-corrected chi connectivity index (χ3v) is 1.92. The minimum Gasteiger partial charge on any atom is -0.264 e. The second kappa shape index (κ2) is 3.16. The number of amides is 1. The molecule has 1 aliphatic heterocycles. The molecule has 0 fully saturated rings. The van der Waals surface area contributed by atoms with E-state index in [0.717, 1.165) is 10.8 Å². The Morgan fingerprint density at radius 3 is 3.00 bits per heavy atom. The molecule has 2 rings (SSSR count). The van der Waals surface area contributed by atoms with Crippen LogP contribution in [0.25, 0.3) is 0 Å². The maximum Gasteiger partial charge on any atom is 0.304 e. The quantitative estimate of drug-likeness (QED) is 0.648. The maximum absolute atomic E-state index is 11.5. The molecule has 0 radical (unpaired) electrons. The summed E-state index contributed by atoms with van der Waals surface area (Å²) in [5.74, 6) is -0.260. The summed E-state index contributed by atoms with van der Waals surface area (Å²) in [4.78, 5) is 21.3. The van der Waals surface area contributed by atoms with Crippen LogP contribution in [0.15, 0.2) is 24.3 Å². The minimum atomic E-state index is -0.260. The number of hydroxylamine groups is 2. The topological polar surface area (TPSA) is 38.8 Å². The molecule has 0 N–H and O–H groups in total. The van der Waals surface area contributed by atoms with Crippen molar-refractivity contribution in [3.63, 3.8) is 0 Å². The van der Waals surface area contributed by atoms with E-state index in [2.05, 4.69) is 0 Å². The molecule has 1 amide bonds. The molecule has 4 heteroatoms. The second-order valence-electron chi connectivity index (χ2n) is 2.68. The zero-order valence-electron chi connectivity index (χ0n) is 7.19. The lowest BCUT2D eigenvalue weighted by molar-refractivity contribution is -0.324. The van der Waals surface area contributed by atoms with Gasteiger partial charge in [-0.15, -0.1) is 0 Å². The molecular formula is C9H9NO3. The van der Waals surface area contributed by atoms with Gasteiger partial charge in [-0.25, -0.2) is 9.68 Å². The fourth-order valence-corrected chi connectivity index (χ4v) is 1.28. The molecule has 0 unspecified atom stereocenters. The summed E-state index contributed by atoms with van der Waals surface area (Å²) in [7, 11) is 1.39. The van der Waals surface area contributed by atoms with Crippen molar-refractivity contribution in [2.75, 3.05) is 7.11 Å². The van der Waals surface area contributed by atoms with Crippen LogP contribution in [0.2, 0.25) is 0 Å². The Morgan fingerprint density at radius 1 is 1.46 bits per heavy atom. The number of carbonyl (C=O) groups excluding carboxylic acids is 1. The lowest BCUT2D eigenvalue weighted by atomic mass is 10.1. The van der Waals surface area contributed by atoms with Crippen LogP contribution >= 0.6 is 0 Å². The molecule has 68 valence electrons. The number of fused-ring (bicyclic) bond motifs is 1. The van der Waals surface area contributed by atoms with E-state index < -0.39 is 0 Å². The molecule has 1 aromatic carbocycles.